The highest BCUT2D eigenvalue weighted by Gasteiger charge is 2.10. The fraction of sp³-hybridized carbons (Fsp3) is 0.125. The molecule has 0 aliphatic heterocycles. The molecule has 13 heavy (non-hydrogen) atoms. The Labute approximate surface area is 77.6 Å². The third-order valence-electron chi connectivity index (χ3n) is 1.93. The average molecular weight is 200 g/mol. The second kappa shape index (κ2) is 2.63. The zero-order valence-electron chi connectivity index (χ0n) is 6.74. The normalized spacial score (nSPS) is 11.0. The molecule has 1 aromatic carbocycles. The van der Waals surface area contributed by atoms with Crippen LogP contribution in [0.15, 0.2) is 6.07 Å². The van der Waals surface area contributed by atoms with Gasteiger partial charge in [-0.3, -0.25) is 0 Å². The maximum Gasteiger partial charge on any atom is 0.175 e. The van der Waals surface area contributed by atoms with E-state index in [0.29, 0.717) is 10.3 Å². The topological polar surface area (TPSA) is 31.6 Å². The van der Waals surface area contributed by atoms with E-state index in [4.69, 9.17) is 12.2 Å². The molecule has 0 fully saturated rings. The molecule has 0 unspecified atom stereocenters. The summed E-state index contributed by atoms with van der Waals surface area (Å²) < 4.78 is 26.6. The molecule has 0 radical (unpaired) electrons. The number of imidazole rings is 1. The van der Waals surface area contributed by atoms with E-state index in [1.807, 2.05) is 0 Å². The monoisotopic (exact) mass is 200 g/mol. The lowest BCUT2D eigenvalue weighted by atomic mass is 10.2. The molecule has 0 aliphatic rings. The van der Waals surface area contributed by atoms with E-state index >= 15 is 0 Å². The Morgan fingerprint density at radius 3 is 2.69 bits per heavy atom. The van der Waals surface area contributed by atoms with E-state index in [9.17, 15) is 8.78 Å². The van der Waals surface area contributed by atoms with Crippen molar-refractivity contribution in [1.29, 1.82) is 0 Å². The van der Waals surface area contributed by atoms with E-state index in [-0.39, 0.29) is 11.1 Å². The van der Waals surface area contributed by atoms with Crippen molar-refractivity contribution in [2.75, 3.05) is 0 Å². The smallest absolute Gasteiger partial charge is 0.175 e. The molecular weight excluding hydrogens is 194 g/mol. The summed E-state index contributed by atoms with van der Waals surface area (Å²) in [6.45, 7) is 1.38. The summed E-state index contributed by atoms with van der Waals surface area (Å²) in [5, 5.41) is 0. The van der Waals surface area contributed by atoms with Crippen molar-refractivity contribution in [2.24, 2.45) is 0 Å². The van der Waals surface area contributed by atoms with Gasteiger partial charge < -0.3 is 9.97 Å². The molecule has 0 aliphatic carbocycles. The minimum Gasteiger partial charge on any atom is -0.331 e. The van der Waals surface area contributed by atoms with Gasteiger partial charge in [0.2, 0.25) is 0 Å². The standard InChI is InChI=1S/C8H6F2N2S/c1-3-4(9)2-5-7(6(3)10)12-8(13)11-5/h2H,1H3,(H2,11,12,13). The lowest BCUT2D eigenvalue weighted by molar-refractivity contribution is 0.575. The van der Waals surface area contributed by atoms with Crippen molar-refractivity contribution in [3.8, 4) is 0 Å². The Hall–Kier alpha value is -1.23. The molecule has 0 bridgehead atoms. The van der Waals surface area contributed by atoms with Crippen LogP contribution in [-0.4, -0.2) is 9.97 Å². The Bertz CT molecular complexity index is 527. The van der Waals surface area contributed by atoms with E-state index in [0.717, 1.165) is 0 Å². The number of aromatic nitrogens is 2. The number of halogens is 2. The Morgan fingerprint density at radius 2 is 2.00 bits per heavy atom. The van der Waals surface area contributed by atoms with Crippen molar-refractivity contribution in [2.45, 2.75) is 6.92 Å². The van der Waals surface area contributed by atoms with Crippen molar-refractivity contribution in [3.05, 3.63) is 28.0 Å². The van der Waals surface area contributed by atoms with Crippen LogP contribution >= 0.6 is 12.2 Å². The van der Waals surface area contributed by atoms with Gasteiger partial charge in [-0.1, -0.05) is 0 Å². The minimum absolute atomic E-state index is 0.00208. The molecule has 0 spiro atoms. The van der Waals surface area contributed by atoms with Crippen molar-refractivity contribution >= 4 is 23.3 Å². The zero-order valence-corrected chi connectivity index (χ0v) is 7.56. The molecular formula is C8H6F2N2S. The first-order valence-corrected chi connectivity index (χ1v) is 4.07. The molecule has 1 aromatic heterocycles. The first kappa shape index (κ1) is 8.37. The third kappa shape index (κ3) is 1.16. The highest BCUT2D eigenvalue weighted by molar-refractivity contribution is 7.71. The second-order valence-corrected chi connectivity index (χ2v) is 3.21. The number of nitrogens with one attached hydrogen (secondary N) is 2. The summed E-state index contributed by atoms with van der Waals surface area (Å²) in [6, 6.07) is 1.22. The van der Waals surface area contributed by atoms with Crippen molar-refractivity contribution in [3.63, 3.8) is 0 Å². The van der Waals surface area contributed by atoms with Crippen molar-refractivity contribution < 1.29 is 8.78 Å². The molecule has 2 aromatic rings. The number of rotatable bonds is 0. The van der Waals surface area contributed by atoms with Crippen LogP contribution in [-0.2, 0) is 0 Å². The van der Waals surface area contributed by atoms with Crippen LogP contribution in [0.25, 0.3) is 11.0 Å². The highest BCUT2D eigenvalue weighted by Crippen LogP contribution is 2.20. The summed E-state index contributed by atoms with van der Waals surface area (Å²) in [7, 11) is 0. The maximum atomic E-state index is 13.3. The Balaban J connectivity index is 3.00. The van der Waals surface area contributed by atoms with Gasteiger partial charge in [0, 0.05) is 5.56 Å². The molecule has 2 rings (SSSR count). The van der Waals surface area contributed by atoms with Gasteiger partial charge in [0.25, 0.3) is 0 Å². The molecule has 0 amide bonds. The van der Waals surface area contributed by atoms with Crippen LogP contribution in [0, 0.1) is 23.3 Å². The Morgan fingerprint density at radius 1 is 1.31 bits per heavy atom. The summed E-state index contributed by atoms with van der Waals surface area (Å²) in [6.07, 6.45) is 0. The van der Waals surface area contributed by atoms with Gasteiger partial charge in [-0.05, 0) is 25.2 Å². The summed E-state index contributed by atoms with van der Waals surface area (Å²) in [5.74, 6) is -1.17. The van der Waals surface area contributed by atoms with Crippen molar-refractivity contribution in [1.82, 2.24) is 9.97 Å². The zero-order chi connectivity index (χ0) is 9.59. The van der Waals surface area contributed by atoms with Gasteiger partial charge >= 0.3 is 0 Å². The number of H-pyrrole nitrogens is 2. The van der Waals surface area contributed by atoms with Gasteiger partial charge in [0.15, 0.2) is 10.6 Å². The lowest BCUT2D eigenvalue weighted by Crippen LogP contribution is -1.89. The SMILES string of the molecule is Cc1c(F)cc2[nH]c(=S)[nH]c2c1F. The van der Waals surface area contributed by atoms with Crippen LogP contribution in [0.2, 0.25) is 0 Å². The number of hydrogen-bond donors (Lipinski definition) is 2. The number of hydrogen-bond acceptors (Lipinski definition) is 1. The number of fused-ring (bicyclic) bond motifs is 1. The quantitative estimate of drug-likeness (QED) is 0.629. The summed E-state index contributed by atoms with van der Waals surface area (Å²) in [5.41, 5.74) is 0.576. The molecule has 0 saturated heterocycles. The van der Waals surface area contributed by atoms with E-state index in [1.165, 1.54) is 13.0 Å². The van der Waals surface area contributed by atoms with Crippen LogP contribution in [0.1, 0.15) is 5.56 Å². The summed E-state index contributed by atoms with van der Waals surface area (Å²) in [4.78, 5) is 5.26. The number of aromatic amines is 2. The Kier molecular flexibility index (Phi) is 1.69. The van der Waals surface area contributed by atoms with Gasteiger partial charge in [-0.25, -0.2) is 8.78 Å². The van der Waals surface area contributed by atoms with E-state index in [2.05, 4.69) is 9.97 Å². The van der Waals surface area contributed by atoms with Gasteiger partial charge in [0.05, 0.1) is 5.52 Å². The fourth-order valence-electron chi connectivity index (χ4n) is 1.21. The minimum atomic E-state index is -0.595. The second-order valence-electron chi connectivity index (χ2n) is 2.80. The van der Waals surface area contributed by atoms with Crippen LogP contribution in [0.4, 0.5) is 8.78 Å². The van der Waals surface area contributed by atoms with E-state index < -0.39 is 11.6 Å². The molecule has 5 heteroatoms. The molecule has 0 saturated carbocycles. The first-order chi connectivity index (χ1) is 6.09. The first-order valence-electron chi connectivity index (χ1n) is 3.66. The van der Waals surface area contributed by atoms with Gasteiger partial charge in [-0.2, -0.15) is 0 Å². The third-order valence-corrected chi connectivity index (χ3v) is 2.14. The lowest BCUT2D eigenvalue weighted by Gasteiger charge is -1.98. The van der Waals surface area contributed by atoms with E-state index in [1.54, 1.807) is 0 Å². The summed E-state index contributed by atoms with van der Waals surface area (Å²) >= 11 is 4.76. The van der Waals surface area contributed by atoms with Crippen LogP contribution < -0.4 is 0 Å². The average Bonchev–Trinajstić information content (AvgIpc) is 2.42. The highest BCUT2D eigenvalue weighted by atomic mass is 32.1. The number of benzene rings is 1. The molecule has 68 valence electrons. The fourth-order valence-corrected chi connectivity index (χ4v) is 1.42. The molecule has 1 heterocycles. The maximum absolute atomic E-state index is 13.3. The molecule has 0 atom stereocenters. The van der Waals surface area contributed by atoms with Crippen LogP contribution in [0.5, 0.6) is 0 Å². The largest absolute Gasteiger partial charge is 0.331 e. The van der Waals surface area contributed by atoms with Gasteiger partial charge in [-0.15, -0.1) is 0 Å². The van der Waals surface area contributed by atoms with Gasteiger partial charge in [0.1, 0.15) is 11.3 Å². The predicted molar refractivity (Wildman–Crippen MR) is 48.1 cm³/mol. The van der Waals surface area contributed by atoms with Crippen LogP contribution in [0.3, 0.4) is 0 Å². The predicted octanol–water partition coefficient (Wildman–Crippen LogP) is 2.81. The molecule has 2 N–H and O–H groups in total. The molecule has 2 nitrogen and oxygen atoms in total.